The van der Waals surface area contributed by atoms with Gasteiger partial charge in [-0.3, -0.25) is 8.78 Å². The van der Waals surface area contributed by atoms with Crippen LogP contribution in [0.5, 0.6) is 0 Å². The van der Waals surface area contributed by atoms with Gasteiger partial charge >= 0.3 is 0 Å². The van der Waals surface area contributed by atoms with Gasteiger partial charge in [0.15, 0.2) is 0 Å². The molecule has 0 saturated heterocycles. The fraction of sp³-hybridized carbons (Fsp3) is 0.800. The van der Waals surface area contributed by atoms with Gasteiger partial charge in [0, 0.05) is 5.92 Å². The van der Waals surface area contributed by atoms with Crippen LogP contribution >= 0.6 is 0 Å². The van der Waals surface area contributed by atoms with Crippen LogP contribution in [0, 0.1) is 12.3 Å². The van der Waals surface area contributed by atoms with E-state index in [1.54, 1.807) is 6.92 Å². The van der Waals surface area contributed by atoms with E-state index >= 15 is 0 Å². The lowest BCUT2D eigenvalue weighted by molar-refractivity contribution is 0.319. The van der Waals surface area contributed by atoms with Crippen LogP contribution < -0.4 is 0 Å². The van der Waals surface area contributed by atoms with E-state index < -0.39 is 19.3 Å². The molecular formula is C5H9F2. The molecule has 7 heavy (non-hydrogen) atoms. The summed E-state index contributed by atoms with van der Waals surface area (Å²) in [5.74, 6) is -0.472. The summed E-state index contributed by atoms with van der Waals surface area (Å²) >= 11 is 0. The van der Waals surface area contributed by atoms with Crippen molar-refractivity contribution in [2.45, 2.75) is 6.92 Å². The maximum atomic E-state index is 11.4. The number of alkyl halides is 2. The Hall–Kier alpha value is -0.140. The number of rotatable bonds is 3. The van der Waals surface area contributed by atoms with E-state index in [0.717, 1.165) is 0 Å². The van der Waals surface area contributed by atoms with E-state index in [4.69, 9.17) is 0 Å². The molecule has 0 unspecified atom stereocenters. The summed E-state index contributed by atoms with van der Waals surface area (Å²) in [5.41, 5.74) is 0. The van der Waals surface area contributed by atoms with Gasteiger partial charge in [0.2, 0.25) is 0 Å². The van der Waals surface area contributed by atoms with Crippen LogP contribution in [0.2, 0.25) is 0 Å². The van der Waals surface area contributed by atoms with Gasteiger partial charge < -0.3 is 0 Å². The third kappa shape index (κ3) is 2.54. The lowest BCUT2D eigenvalue weighted by atomic mass is 10.1. The van der Waals surface area contributed by atoms with Gasteiger partial charge in [0.05, 0.1) is 13.3 Å². The first-order chi connectivity index (χ1) is 3.35. The molecule has 2 heteroatoms. The second-order valence-corrected chi connectivity index (χ2v) is 1.40. The van der Waals surface area contributed by atoms with E-state index in [-0.39, 0.29) is 0 Å². The number of hydrogen-bond donors (Lipinski definition) is 0. The van der Waals surface area contributed by atoms with Crippen LogP contribution in [0.1, 0.15) is 6.92 Å². The Morgan fingerprint density at radius 3 is 1.86 bits per heavy atom. The topological polar surface area (TPSA) is 0 Å². The molecule has 0 nitrogen and oxygen atoms in total. The minimum absolute atomic E-state index is 0.472. The molecule has 0 rings (SSSR count). The molecule has 0 aromatic rings. The van der Waals surface area contributed by atoms with E-state index in [1.807, 2.05) is 0 Å². The van der Waals surface area contributed by atoms with Gasteiger partial charge in [-0.25, -0.2) is 0 Å². The first-order valence-electron chi connectivity index (χ1n) is 2.26. The molecule has 0 spiro atoms. The molecule has 0 aliphatic heterocycles. The van der Waals surface area contributed by atoms with Crippen molar-refractivity contribution in [1.82, 2.24) is 0 Å². The smallest absolute Gasteiger partial charge is 0.0950 e. The normalized spacial score (nSPS) is 10.3. The molecule has 0 bridgehead atoms. The first kappa shape index (κ1) is 6.86. The predicted molar refractivity (Wildman–Crippen MR) is 25.4 cm³/mol. The van der Waals surface area contributed by atoms with E-state index in [1.165, 1.54) is 6.42 Å². The summed E-state index contributed by atoms with van der Waals surface area (Å²) in [7, 11) is 0. The highest BCUT2D eigenvalue weighted by atomic mass is 19.1. The molecule has 1 radical (unpaired) electrons. The molecule has 0 aliphatic carbocycles. The Bertz CT molecular complexity index is 27.6. The average Bonchev–Trinajstić information content (AvgIpc) is 1.72. The molecule has 0 aliphatic rings. The lowest BCUT2D eigenvalue weighted by Gasteiger charge is -1.99. The summed E-state index contributed by atoms with van der Waals surface area (Å²) in [6.07, 6.45) is 1.53. The highest BCUT2D eigenvalue weighted by Gasteiger charge is 2.02. The second kappa shape index (κ2) is 4.03. The fourth-order valence-electron chi connectivity index (χ4n) is 0.219. The Labute approximate surface area is 42.5 Å². The van der Waals surface area contributed by atoms with Crippen molar-refractivity contribution < 1.29 is 8.78 Å². The van der Waals surface area contributed by atoms with E-state index in [2.05, 4.69) is 0 Å². The van der Waals surface area contributed by atoms with Crippen molar-refractivity contribution >= 4 is 0 Å². The summed E-state index contributed by atoms with van der Waals surface area (Å²) in [4.78, 5) is 0. The number of halogens is 2. The molecule has 0 fully saturated rings. The minimum atomic E-state index is -0.576. The monoisotopic (exact) mass is 107 g/mol. The van der Waals surface area contributed by atoms with Crippen LogP contribution in [-0.2, 0) is 0 Å². The van der Waals surface area contributed by atoms with Crippen LogP contribution in [0.3, 0.4) is 0 Å². The Balaban J connectivity index is 2.99. The van der Waals surface area contributed by atoms with Crippen molar-refractivity contribution in [3.05, 3.63) is 6.42 Å². The van der Waals surface area contributed by atoms with Crippen LogP contribution in [0.15, 0.2) is 0 Å². The maximum Gasteiger partial charge on any atom is 0.0950 e. The van der Waals surface area contributed by atoms with Gasteiger partial charge in [-0.05, 0) is 6.42 Å². The predicted octanol–water partition coefficient (Wildman–Crippen LogP) is 1.77. The van der Waals surface area contributed by atoms with E-state index in [0.29, 0.717) is 0 Å². The minimum Gasteiger partial charge on any atom is -0.251 e. The third-order valence-corrected chi connectivity index (χ3v) is 0.868. The molecule has 0 saturated carbocycles. The molecule has 0 heterocycles. The Morgan fingerprint density at radius 1 is 1.43 bits per heavy atom. The SMILES string of the molecule is C[CH]C(CF)CF. The first-order valence-corrected chi connectivity index (χ1v) is 2.26. The summed E-state index contributed by atoms with van der Waals surface area (Å²) in [6, 6.07) is 0. The Morgan fingerprint density at radius 2 is 1.86 bits per heavy atom. The standard InChI is InChI=1S/C5H9F2/c1-2-5(3-6)4-7/h2,5H,3-4H2,1H3. The van der Waals surface area contributed by atoms with Crippen molar-refractivity contribution in [1.29, 1.82) is 0 Å². The van der Waals surface area contributed by atoms with Gasteiger partial charge in [0.1, 0.15) is 0 Å². The molecule has 0 aromatic carbocycles. The molecule has 0 atom stereocenters. The van der Waals surface area contributed by atoms with Crippen LogP contribution in [0.4, 0.5) is 8.78 Å². The summed E-state index contributed by atoms with van der Waals surface area (Å²) in [6.45, 7) is 0.504. The maximum absolute atomic E-state index is 11.4. The largest absolute Gasteiger partial charge is 0.251 e. The third-order valence-electron chi connectivity index (χ3n) is 0.868. The van der Waals surface area contributed by atoms with Crippen molar-refractivity contribution in [3.63, 3.8) is 0 Å². The fourth-order valence-corrected chi connectivity index (χ4v) is 0.219. The quantitative estimate of drug-likeness (QED) is 0.515. The van der Waals surface area contributed by atoms with Crippen molar-refractivity contribution in [3.8, 4) is 0 Å². The zero-order valence-electron chi connectivity index (χ0n) is 4.32. The molecule has 0 amide bonds. The Kier molecular flexibility index (Phi) is 3.95. The van der Waals surface area contributed by atoms with E-state index in [9.17, 15) is 8.78 Å². The highest BCUT2D eigenvalue weighted by Crippen LogP contribution is 2.00. The van der Waals surface area contributed by atoms with Gasteiger partial charge in [-0.2, -0.15) is 0 Å². The molecule has 43 valence electrons. The van der Waals surface area contributed by atoms with Crippen LogP contribution in [0.25, 0.3) is 0 Å². The zero-order chi connectivity index (χ0) is 5.70. The van der Waals surface area contributed by atoms with Crippen molar-refractivity contribution in [2.24, 2.45) is 5.92 Å². The number of hydrogen-bond acceptors (Lipinski definition) is 0. The van der Waals surface area contributed by atoms with Gasteiger partial charge in [0.25, 0.3) is 0 Å². The molecule has 0 aromatic heterocycles. The lowest BCUT2D eigenvalue weighted by Crippen LogP contribution is -2.02. The van der Waals surface area contributed by atoms with Gasteiger partial charge in [-0.15, -0.1) is 0 Å². The molecule has 0 N–H and O–H groups in total. The van der Waals surface area contributed by atoms with Crippen LogP contribution in [-0.4, -0.2) is 13.3 Å². The summed E-state index contributed by atoms with van der Waals surface area (Å²) in [5, 5.41) is 0. The molecular weight excluding hydrogens is 98.1 g/mol. The van der Waals surface area contributed by atoms with Crippen molar-refractivity contribution in [2.75, 3.05) is 13.3 Å². The van der Waals surface area contributed by atoms with Gasteiger partial charge in [-0.1, -0.05) is 6.92 Å². The zero-order valence-corrected chi connectivity index (χ0v) is 4.32. The second-order valence-electron chi connectivity index (χ2n) is 1.40. The summed E-state index contributed by atoms with van der Waals surface area (Å²) < 4.78 is 22.8. The highest BCUT2D eigenvalue weighted by molar-refractivity contribution is 4.68. The average molecular weight is 107 g/mol.